The molecule has 10 heteroatoms. The van der Waals surface area contributed by atoms with Gasteiger partial charge in [-0.2, -0.15) is 5.26 Å². The molecule has 2 aromatic heterocycles. The maximum absolute atomic E-state index is 13.8. The lowest BCUT2D eigenvalue weighted by molar-refractivity contribution is -0.128. The third-order valence-electron chi connectivity index (χ3n) is 6.72. The average Bonchev–Trinajstić information content (AvgIpc) is 3.25. The number of likely N-dealkylation sites (tertiary alicyclic amines) is 1. The highest BCUT2D eigenvalue weighted by Crippen LogP contribution is 2.29. The average molecular weight is 524 g/mol. The second-order valence-electron chi connectivity index (χ2n) is 9.79. The number of nitriles is 1. The minimum Gasteiger partial charge on any atom is -0.457 e. The van der Waals surface area contributed by atoms with Crippen LogP contribution in [0.5, 0.6) is 11.5 Å². The van der Waals surface area contributed by atoms with Gasteiger partial charge in [-0.25, -0.2) is 14.8 Å². The number of imidazole rings is 1. The number of aromatic nitrogens is 4. The van der Waals surface area contributed by atoms with Crippen LogP contribution >= 0.6 is 0 Å². The van der Waals surface area contributed by atoms with Crippen molar-refractivity contribution in [1.82, 2.24) is 24.0 Å². The Hall–Kier alpha value is -4.91. The van der Waals surface area contributed by atoms with Crippen LogP contribution in [0.3, 0.4) is 0 Å². The molecule has 39 heavy (non-hydrogen) atoms. The third-order valence-corrected chi connectivity index (χ3v) is 6.72. The molecule has 0 radical (unpaired) electrons. The van der Waals surface area contributed by atoms with E-state index in [2.05, 4.69) is 9.97 Å². The molecule has 0 aliphatic carbocycles. The summed E-state index contributed by atoms with van der Waals surface area (Å²) in [5.41, 5.74) is 7.60. The monoisotopic (exact) mass is 523 g/mol. The van der Waals surface area contributed by atoms with E-state index in [0.29, 0.717) is 54.3 Å². The molecule has 0 saturated carbocycles. The number of hydrogen-bond donors (Lipinski definition) is 1. The molecule has 1 saturated heterocycles. The van der Waals surface area contributed by atoms with Crippen LogP contribution in [0.1, 0.15) is 32.7 Å². The van der Waals surface area contributed by atoms with E-state index in [4.69, 9.17) is 10.5 Å². The van der Waals surface area contributed by atoms with Crippen LogP contribution < -0.4 is 16.2 Å². The second-order valence-corrected chi connectivity index (χ2v) is 9.79. The minimum absolute atomic E-state index is 0.0926. The van der Waals surface area contributed by atoms with E-state index in [1.54, 1.807) is 39.8 Å². The molecule has 1 aliphatic rings. The Bertz CT molecular complexity index is 1620. The summed E-state index contributed by atoms with van der Waals surface area (Å²) in [5.74, 6) is 1.36. The standard InChI is InChI=1S/C29H29N7O3/c1-19(2)16-20(17-30)28(37)34-14-12-22(13-15-34)36-27-25(26(31)32-18-33-27)35(29(36)38)21-8-10-24(11-9-21)39-23-6-4-3-5-7-23/h3-11,16,18-19,22H,12-15H2,1-2H3,(H2,31,32,33)/b20-16-. The zero-order valence-electron chi connectivity index (χ0n) is 21.8. The van der Waals surface area contributed by atoms with Crippen LogP contribution in [-0.2, 0) is 4.79 Å². The molecule has 5 rings (SSSR count). The number of nitrogens with zero attached hydrogens (tertiary/aromatic N) is 6. The fraction of sp³-hybridized carbons (Fsp3) is 0.276. The first-order valence-corrected chi connectivity index (χ1v) is 12.8. The van der Waals surface area contributed by atoms with Gasteiger partial charge < -0.3 is 15.4 Å². The summed E-state index contributed by atoms with van der Waals surface area (Å²) in [5, 5.41) is 9.44. The molecule has 0 spiro atoms. The van der Waals surface area contributed by atoms with Crippen molar-refractivity contribution in [2.24, 2.45) is 5.92 Å². The topological polar surface area (TPSA) is 132 Å². The first-order valence-electron chi connectivity index (χ1n) is 12.8. The smallest absolute Gasteiger partial charge is 0.335 e. The third kappa shape index (κ3) is 5.11. The van der Waals surface area contributed by atoms with Gasteiger partial charge >= 0.3 is 5.69 Å². The van der Waals surface area contributed by atoms with E-state index in [9.17, 15) is 14.9 Å². The van der Waals surface area contributed by atoms with Crippen molar-refractivity contribution in [1.29, 1.82) is 5.26 Å². The number of nitrogens with two attached hydrogens (primary N) is 1. The van der Waals surface area contributed by atoms with Gasteiger partial charge in [0.05, 0.1) is 5.69 Å². The second kappa shape index (κ2) is 10.8. The van der Waals surface area contributed by atoms with Gasteiger partial charge in [-0.1, -0.05) is 38.1 Å². The number of rotatable bonds is 6. The summed E-state index contributed by atoms with van der Waals surface area (Å²) in [6, 6.07) is 18.4. The van der Waals surface area contributed by atoms with E-state index in [0.717, 1.165) is 0 Å². The predicted molar refractivity (Wildman–Crippen MR) is 147 cm³/mol. The van der Waals surface area contributed by atoms with Gasteiger partial charge in [0.15, 0.2) is 11.5 Å². The summed E-state index contributed by atoms with van der Waals surface area (Å²) in [6.45, 7) is 4.70. The fourth-order valence-corrected chi connectivity index (χ4v) is 4.91. The number of ether oxygens (including phenoxy) is 1. The number of fused-ring (bicyclic) bond motifs is 1. The number of anilines is 1. The lowest BCUT2D eigenvalue weighted by Crippen LogP contribution is -2.41. The van der Waals surface area contributed by atoms with E-state index >= 15 is 0 Å². The van der Waals surface area contributed by atoms with Gasteiger partial charge in [-0.15, -0.1) is 0 Å². The largest absolute Gasteiger partial charge is 0.457 e. The van der Waals surface area contributed by atoms with Crippen LogP contribution in [0.4, 0.5) is 5.82 Å². The summed E-state index contributed by atoms with van der Waals surface area (Å²) in [4.78, 5) is 37.0. The lowest BCUT2D eigenvalue weighted by atomic mass is 10.0. The summed E-state index contributed by atoms with van der Waals surface area (Å²) in [7, 11) is 0. The Balaban J connectivity index is 1.44. The molecule has 198 valence electrons. The number of hydrogen-bond acceptors (Lipinski definition) is 7. The summed E-state index contributed by atoms with van der Waals surface area (Å²) < 4.78 is 9.06. The number of carbonyl (C=O) groups is 1. The van der Waals surface area contributed by atoms with Crippen molar-refractivity contribution >= 4 is 22.9 Å². The van der Waals surface area contributed by atoms with E-state index in [-0.39, 0.29) is 34.9 Å². The van der Waals surface area contributed by atoms with Crippen LogP contribution in [0.15, 0.2) is 77.4 Å². The Kier molecular flexibility index (Phi) is 7.14. The number of para-hydroxylation sites is 1. The highest BCUT2D eigenvalue weighted by molar-refractivity contribution is 5.97. The van der Waals surface area contributed by atoms with Crippen molar-refractivity contribution < 1.29 is 9.53 Å². The Labute approximate surface area is 225 Å². The number of allylic oxidation sites excluding steroid dienone is 1. The molecule has 10 nitrogen and oxygen atoms in total. The number of benzene rings is 2. The Morgan fingerprint density at radius 2 is 1.74 bits per heavy atom. The van der Waals surface area contributed by atoms with E-state index < -0.39 is 0 Å². The van der Waals surface area contributed by atoms with Crippen molar-refractivity contribution in [3.63, 3.8) is 0 Å². The summed E-state index contributed by atoms with van der Waals surface area (Å²) >= 11 is 0. The van der Waals surface area contributed by atoms with Crippen LogP contribution in [0.25, 0.3) is 16.9 Å². The number of amides is 1. The molecule has 0 bridgehead atoms. The van der Waals surface area contributed by atoms with Crippen molar-refractivity contribution in [2.75, 3.05) is 18.8 Å². The molecule has 3 heterocycles. The number of carbonyl (C=O) groups excluding carboxylic acids is 1. The van der Waals surface area contributed by atoms with Gasteiger partial charge in [-0.3, -0.25) is 13.9 Å². The maximum Gasteiger partial charge on any atom is 0.335 e. The molecule has 4 aromatic rings. The van der Waals surface area contributed by atoms with Gasteiger partial charge in [0.2, 0.25) is 0 Å². The number of piperidine rings is 1. The quantitative estimate of drug-likeness (QED) is 0.295. The van der Waals surface area contributed by atoms with Gasteiger partial charge in [0, 0.05) is 19.1 Å². The molecular formula is C29H29N7O3. The van der Waals surface area contributed by atoms with Gasteiger partial charge in [0.25, 0.3) is 5.91 Å². The Morgan fingerprint density at radius 1 is 1.08 bits per heavy atom. The summed E-state index contributed by atoms with van der Waals surface area (Å²) in [6.07, 6.45) is 4.11. The zero-order valence-corrected chi connectivity index (χ0v) is 21.8. The van der Waals surface area contributed by atoms with E-state index in [1.807, 2.05) is 50.2 Å². The SMILES string of the molecule is CC(C)/C=C(/C#N)C(=O)N1CCC(n2c(=O)n(-c3ccc(Oc4ccccc4)cc3)c3c(N)ncnc32)CC1. The Morgan fingerprint density at radius 3 is 2.38 bits per heavy atom. The van der Waals surface area contributed by atoms with E-state index in [1.165, 1.54) is 10.9 Å². The number of nitrogen functional groups attached to an aromatic ring is 1. The maximum atomic E-state index is 13.8. The van der Waals surface area contributed by atoms with Gasteiger partial charge in [0.1, 0.15) is 35.0 Å². The minimum atomic E-state index is -0.281. The zero-order chi connectivity index (χ0) is 27.5. The molecule has 1 amide bonds. The molecule has 2 aromatic carbocycles. The highest BCUT2D eigenvalue weighted by atomic mass is 16.5. The molecule has 0 unspecified atom stereocenters. The van der Waals surface area contributed by atoms with Crippen LogP contribution in [-0.4, -0.2) is 43.0 Å². The van der Waals surface area contributed by atoms with Crippen molar-refractivity contribution in [3.05, 3.63) is 83.1 Å². The first kappa shape index (κ1) is 25.7. The highest BCUT2D eigenvalue weighted by Gasteiger charge is 2.30. The van der Waals surface area contributed by atoms with Crippen molar-refractivity contribution in [2.45, 2.75) is 32.7 Å². The predicted octanol–water partition coefficient (Wildman–Crippen LogP) is 4.23. The molecule has 1 fully saturated rings. The van der Waals surface area contributed by atoms with Crippen LogP contribution in [0.2, 0.25) is 0 Å². The van der Waals surface area contributed by atoms with Crippen LogP contribution in [0, 0.1) is 17.2 Å². The van der Waals surface area contributed by atoms with Gasteiger partial charge in [-0.05, 0) is 55.2 Å². The van der Waals surface area contributed by atoms with Crippen molar-refractivity contribution in [3.8, 4) is 23.3 Å². The lowest BCUT2D eigenvalue weighted by Gasteiger charge is -2.32. The normalized spacial score (nSPS) is 14.5. The molecular weight excluding hydrogens is 494 g/mol. The molecule has 0 atom stereocenters. The molecule has 2 N–H and O–H groups in total. The first-order chi connectivity index (χ1) is 18.9. The fourth-order valence-electron chi connectivity index (χ4n) is 4.91. The molecule has 1 aliphatic heterocycles.